The Hall–Kier alpha value is -0.0400. The summed E-state index contributed by atoms with van der Waals surface area (Å²) in [5, 5.41) is 4.90. The zero-order valence-electron chi connectivity index (χ0n) is 9.32. The number of aryl methyl sites for hydroxylation is 1. The van der Waals surface area contributed by atoms with Gasteiger partial charge in [0.2, 0.25) is 0 Å². The van der Waals surface area contributed by atoms with Gasteiger partial charge in [0.1, 0.15) is 0 Å². The molecular formula is C10H17BrN4S. The van der Waals surface area contributed by atoms with Crippen molar-refractivity contribution in [2.24, 2.45) is 5.84 Å². The number of nitrogens with one attached hydrogen (secondary N) is 1. The molecule has 6 heteroatoms. The lowest BCUT2D eigenvalue weighted by molar-refractivity contribution is 0.469. The van der Waals surface area contributed by atoms with Gasteiger partial charge in [0, 0.05) is 11.8 Å². The maximum Gasteiger partial charge on any atom is 0.0758 e. The molecule has 0 aliphatic carbocycles. The molecule has 2 unspecified atom stereocenters. The molecule has 1 aromatic rings. The second-order valence-electron chi connectivity index (χ2n) is 3.89. The van der Waals surface area contributed by atoms with Gasteiger partial charge in [0.15, 0.2) is 0 Å². The van der Waals surface area contributed by atoms with Crippen molar-refractivity contribution in [3.05, 3.63) is 16.4 Å². The SMILES string of the molecule is CCn1ncc(Br)c1C(NN)C1CCCS1. The smallest absolute Gasteiger partial charge is 0.0758 e. The molecule has 0 saturated carbocycles. The molecule has 0 bridgehead atoms. The number of halogens is 1. The van der Waals surface area contributed by atoms with Crippen LogP contribution in [0, 0.1) is 0 Å². The Bertz CT molecular complexity index is 349. The normalized spacial score (nSPS) is 22.6. The van der Waals surface area contributed by atoms with E-state index in [9.17, 15) is 0 Å². The number of rotatable bonds is 4. The molecule has 2 heterocycles. The van der Waals surface area contributed by atoms with E-state index in [1.54, 1.807) is 0 Å². The highest BCUT2D eigenvalue weighted by Gasteiger charge is 2.30. The second kappa shape index (κ2) is 5.53. The Morgan fingerprint density at radius 2 is 2.62 bits per heavy atom. The molecular weight excluding hydrogens is 288 g/mol. The van der Waals surface area contributed by atoms with Crippen LogP contribution < -0.4 is 11.3 Å². The van der Waals surface area contributed by atoms with Crippen LogP contribution in [-0.2, 0) is 6.54 Å². The van der Waals surface area contributed by atoms with Gasteiger partial charge >= 0.3 is 0 Å². The van der Waals surface area contributed by atoms with Crippen LogP contribution in [0.1, 0.15) is 31.5 Å². The Balaban J connectivity index is 2.27. The van der Waals surface area contributed by atoms with Gasteiger partial charge in [-0.25, -0.2) is 0 Å². The van der Waals surface area contributed by atoms with Gasteiger partial charge in [-0.2, -0.15) is 16.9 Å². The van der Waals surface area contributed by atoms with Crippen molar-refractivity contribution in [3.8, 4) is 0 Å². The van der Waals surface area contributed by atoms with Gasteiger partial charge in [0.25, 0.3) is 0 Å². The second-order valence-corrected chi connectivity index (χ2v) is 6.09. The van der Waals surface area contributed by atoms with Crippen LogP contribution in [0.5, 0.6) is 0 Å². The lowest BCUT2D eigenvalue weighted by atomic mass is 10.1. The van der Waals surface area contributed by atoms with Crippen molar-refractivity contribution < 1.29 is 0 Å². The molecule has 0 spiro atoms. The first-order valence-corrected chi connectivity index (χ1v) is 7.41. The number of nitrogens with zero attached hydrogens (tertiary/aromatic N) is 2. The summed E-state index contributed by atoms with van der Waals surface area (Å²) in [6, 6.07) is 0.185. The summed E-state index contributed by atoms with van der Waals surface area (Å²) >= 11 is 5.56. The van der Waals surface area contributed by atoms with E-state index in [4.69, 9.17) is 5.84 Å². The fourth-order valence-electron chi connectivity index (χ4n) is 2.16. The number of hydrogen-bond acceptors (Lipinski definition) is 4. The van der Waals surface area contributed by atoms with E-state index in [1.807, 2.05) is 22.6 Å². The predicted molar refractivity (Wildman–Crippen MR) is 71.1 cm³/mol. The molecule has 0 radical (unpaired) electrons. The van der Waals surface area contributed by atoms with Crippen LogP contribution in [0.15, 0.2) is 10.7 Å². The molecule has 1 fully saturated rings. The largest absolute Gasteiger partial charge is 0.271 e. The number of nitrogens with two attached hydrogens (primary N) is 1. The molecule has 1 aliphatic rings. The first kappa shape index (κ1) is 12.4. The molecule has 90 valence electrons. The Morgan fingerprint density at radius 1 is 1.81 bits per heavy atom. The van der Waals surface area contributed by atoms with E-state index in [0.717, 1.165) is 11.0 Å². The number of aromatic nitrogens is 2. The van der Waals surface area contributed by atoms with Crippen LogP contribution in [0.3, 0.4) is 0 Å². The standard InChI is InChI=1S/C10H17BrN4S/c1-2-15-10(7(11)6-13-15)9(14-12)8-4-3-5-16-8/h6,8-9,14H,2-5,12H2,1H3. The summed E-state index contributed by atoms with van der Waals surface area (Å²) in [6.07, 6.45) is 4.36. The van der Waals surface area contributed by atoms with E-state index >= 15 is 0 Å². The summed E-state index contributed by atoms with van der Waals surface area (Å²) < 4.78 is 3.05. The number of thioether (sulfide) groups is 1. The third-order valence-corrected chi connectivity index (χ3v) is 5.01. The highest BCUT2D eigenvalue weighted by Crippen LogP contribution is 2.37. The van der Waals surface area contributed by atoms with Gasteiger partial charge in [-0.15, -0.1) is 0 Å². The molecule has 1 aliphatic heterocycles. The van der Waals surface area contributed by atoms with E-state index in [2.05, 4.69) is 33.4 Å². The first-order chi connectivity index (χ1) is 7.77. The average Bonchev–Trinajstić information content (AvgIpc) is 2.91. The van der Waals surface area contributed by atoms with Crippen LogP contribution >= 0.6 is 27.7 Å². The van der Waals surface area contributed by atoms with E-state index in [1.165, 1.54) is 24.3 Å². The van der Waals surface area contributed by atoms with Gasteiger partial charge in [-0.05, 0) is 41.4 Å². The summed E-state index contributed by atoms with van der Waals surface area (Å²) in [6.45, 7) is 2.97. The monoisotopic (exact) mass is 304 g/mol. The van der Waals surface area contributed by atoms with Crippen molar-refractivity contribution in [3.63, 3.8) is 0 Å². The fourth-order valence-corrected chi connectivity index (χ4v) is 4.07. The van der Waals surface area contributed by atoms with Gasteiger partial charge in [0.05, 0.1) is 22.4 Å². The van der Waals surface area contributed by atoms with E-state index in [0.29, 0.717) is 5.25 Å². The predicted octanol–water partition coefficient (Wildman–Crippen LogP) is 2.07. The van der Waals surface area contributed by atoms with Crippen molar-refractivity contribution >= 4 is 27.7 Å². The molecule has 4 nitrogen and oxygen atoms in total. The summed E-state index contributed by atoms with van der Waals surface area (Å²) in [5.74, 6) is 6.95. The lowest BCUT2D eigenvalue weighted by Gasteiger charge is -2.23. The van der Waals surface area contributed by atoms with Gasteiger partial charge in [-0.3, -0.25) is 16.0 Å². The highest BCUT2D eigenvalue weighted by atomic mass is 79.9. The minimum absolute atomic E-state index is 0.185. The highest BCUT2D eigenvalue weighted by molar-refractivity contribution is 9.10. The minimum Gasteiger partial charge on any atom is -0.271 e. The number of hydrogen-bond donors (Lipinski definition) is 2. The molecule has 2 atom stereocenters. The Morgan fingerprint density at radius 3 is 3.19 bits per heavy atom. The van der Waals surface area contributed by atoms with Crippen LogP contribution in [0.25, 0.3) is 0 Å². The Kier molecular flexibility index (Phi) is 4.29. The molecule has 3 N–H and O–H groups in total. The topological polar surface area (TPSA) is 55.9 Å². The summed E-state index contributed by atoms with van der Waals surface area (Å²) in [4.78, 5) is 0. The van der Waals surface area contributed by atoms with Crippen molar-refractivity contribution in [1.82, 2.24) is 15.2 Å². The average molecular weight is 305 g/mol. The molecule has 1 saturated heterocycles. The third-order valence-electron chi connectivity index (χ3n) is 2.94. The summed E-state index contributed by atoms with van der Waals surface area (Å²) in [7, 11) is 0. The zero-order chi connectivity index (χ0) is 11.5. The summed E-state index contributed by atoms with van der Waals surface area (Å²) in [5.41, 5.74) is 4.12. The van der Waals surface area contributed by atoms with E-state index < -0.39 is 0 Å². The van der Waals surface area contributed by atoms with Crippen molar-refractivity contribution in [2.75, 3.05) is 5.75 Å². The molecule has 1 aromatic heterocycles. The van der Waals surface area contributed by atoms with Crippen molar-refractivity contribution in [2.45, 2.75) is 37.6 Å². The van der Waals surface area contributed by atoms with Gasteiger partial charge in [-0.1, -0.05) is 0 Å². The molecule has 16 heavy (non-hydrogen) atoms. The van der Waals surface area contributed by atoms with E-state index in [-0.39, 0.29) is 6.04 Å². The Labute approximate surface area is 108 Å². The lowest BCUT2D eigenvalue weighted by Crippen LogP contribution is -2.36. The molecule has 0 aromatic carbocycles. The molecule has 2 rings (SSSR count). The maximum atomic E-state index is 5.71. The van der Waals surface area contributed by atoms with Crippen LogP contribution in [0.4, 0.5) is 0 Å². The molecule has 0 amide bonds. The quantitative estimate of drug-likeness (QED) is 0.660. The zero-order valence-corrected chi connectivity index (χ0v) is 11.7. The van der Waals surface area contributed by atoms with Crippen LogP contribution in [0.2, 0.25) is 0 Å². The van der Waals surface area contributed by atoms with Gasteiger partial charge < -0.3 is 0 Å². The first-order valence-electron chi connectivity index (χ1n) is 5.56. The maximum absolute atomic E-state index is 5.71. The minimum atomic E-state index is 0.185. The third kappa shape index (κ3) is 2.30. The van der Waals surface area contributed by atoms with Crippen LogP contribution in [-0.4, -0.2) is 20.8 Å². The fraction of sp³-hybridized carbons (Fsp3) is 0.700. The number of hydrazine groups is 1. The van der Waals surface area contributed by atoms with Crippen molar-refractivity contribution in [1.29, 1.82) is 0 Å².